The molecule has 1 aromatic heterocycles. The van der Waals surface area contributed by atoms with E-state index >= 15 is 0 Å². The molecule has 140 valence electrons. The fraction of sp³-hybridized carbons (Fsp3) is 0.200. The molecular formula is C20H19ClN2O3S. The minimum absolute atomic E-state index is 0.345. The number of hydrogen-bond donors (Lipinski definition) is 0. The van der Waals surface area contributed by atoms with Crippen molar-refractivity contribution in [1.29, 1.82) is 0 Å². The molecule has 5 nitrogen and oxygen atoms in total. The number of halogens is 1. The number of carbonyl (C=O) groups is 1. The topological polar surface area (TPSA) is 52.8 Å². The molecule has 1 amide bonds. The lowest BCUT2D eigenvalue weighted by atomic mass is 10.2. The highest BCUT2D eigenvalue weighted by Gasteiger charge is 2.12. The number of thiazole rings is 1. The predicted molar refractivity (Wildman–Crippen MR) is 110 cm³/mol. The average Bonchev–Trinajstić information content (AvgIpc) is 3.01. The van der Waals surface area contributed by atoms with Gasteiger partial charge in [0.1, 0.15) is 0 Å². The summed E-state index contributed by atoms with van der Waals surface area (Å²) in [5, 5.41) is 0.589. The van der Waals surface area contributed by atoms with Crippen molar-refractivity contribution in [1.82, 2.24) is 4.57 Å². The Labute approximate surface area is 166 Å². The molecule has 0 aliphatic rings. The zero-order valence-corrected chi connectivity index (χ0v) is 16.8. The second-order valence-corrected chi connectivity index (χ2v) is 7.02. The molecule has 0 spiro atoms. The maximum Gasteiger partial charge on any atom is 0.272 e. The fourth-order valence-electron chi connectivity index (χ4n) is 2.69. The van der Waals surface area contributed by atoms with Gasteiger partial charge in [-0.2, -0.15) is 4.99 Å². The van der Waals surface area contributed by atoms with Crippen molar-refractivity contribution in [2.75, 3.05) is 14.2 Å². The van der Waals surface area contributed by atoms with Crippen molar-refractivity contribution in [3.63, 3.8) is 0 Å². The number of nitrogens with zero attached hydrogens (tertiary/aromatic N) is 2. The average molecular weight is 403 g/mol. The molecule has 27 heavy (non-hydrogen) atoms. The summed E-state index contributed by atoms with van der Waals surface area (Å²) in [4.78, 5) is 17.2. The van der Waals surface area contributed by atoms with E-state index < -0.39 is 0 Å². The van der Waals surface area contributed by atoms with Crippen LogP contribution in [0.25, 0.3) is 16.3 Å². The zero-order valence-electron chi connectivity index (χ0n) is 15.2. The number of carbonyl (C=O) groups excluding carboxylic acids is 1. The lowest BCUT2D eigenvalue weighted by Gasteiger charge is -2.08. The first-order valence-electron chi connectivity index (χ1n) is 8.34. The number of aryl methyl sites for hydroxylation is 1. The molecule has 7 heteroatoms. The first kappa shape index (κ1) is 19.2. The molecule has 2 aromatic carbocycles. The van der Waals surface area contributed by atoms with Crippen LogP contribution in [0, 0.1) is 0 Å². The molecule has 0 bridgehead atoms. The molecule has 1 heterocycles. The first-order chi connectivity index (χ1) is 13.1. The number of fused-ring (bicyclic) bond motifs is 1. The molecule has 0 aliphatic carbocycles. The Morgan fingerprint density at radius 3 is 2.59 bits per heavy atom. The Hall–Kier alpha value is -2.57. The van der Waals surface area contributed by atoms with Gasteiger partial charge in [-0.05, 0) is 24.6 Å². The van der Waals surface area contributed by atoms with Gasteiger partial charge in [0.25, 0.3) is 5.91 Å². The maximum atomic E-state index is 12.3. The van der Waals surface area contributed by atoms with Crippen molar-refractivity contribution >= 4 is 45.1 Å². The highest BCUT2D eigenvalue weighted by atomic mass is 35.5. The highest BCUT2D eigenvalue weighted by molar-refractivity contribution is 7.16. The summed E-state index contributed by atoms with van der Waals surface area (Å²) in [6.07, 6.45) is 3.09. The van der Waals surface area contributed by atoms with Gasteiger partial charge in [-0.1, -0.05) is 41.1 Å². The van der Waals surface area contributed by atoms with Gasteiger partial charge in [-0.25, -0.2) is 0 Å². The number of hydrogen-bond acceptors (Lipinski definition) is 4. The number of benzene rings is 2. The summed E-state index contributed by atoms with van der Waals surface area (Å²) < 4.78 is 13.7. The van der Waals surface area contributed by atoms with E-state index in [0.29, 0.717) is 27.9 Å². The lowest BCUT2D eigenvalue weighted by Crippen LogP contribution is -2.15. The van der Waals surface area contributed by atoms with E-state index in [4.69, 9.17) is 21.1 Å². The number of methoxy groups -OCH3 is 2. The standard InChI is InChI=1S/C20H19ClN2O3S/c1-4-23-15-11-16(25-2)17(26-3)12-18(15)27-20(23)22-19(24)10-9-13-7-5-6-8-14(13)21/h5-12H,4H2,1-3H3/b10-9+,22-20?. The Morgan fingerprint density at radius 1 is 1.22 bits per heavy atom. The fourth-order valence-corrected chi connectivity index (χ4v) is 4.00. The molecule has 0 fully saturated rings. The minimum Gasteiger partial charge on any atom is -0.493 e. The largest absolute Gasteiger partial charge is 0.493 e. The van der Waals surface area contributed by atoms with E-state index in [0.717, 1.165) is 15.8 Å². The van der Waals surface area contributed by atoms with Crippen LogP contribution in [0.3, 0.4) is 0 Å². The van der Waals surface area contributed by atoms with Crippen LogP contribution in [0.1, 0.15) is 12.5 Å². The first-order valence-corrected chi connectivity index (χ1v) is 9.53. The summed E-state index contributed by atoms with van der Waals surface area (Å²) in [7, 11) is 3.19. The van der Waals surface area contributed by atoms with Crippen molar-refractivity contribution in [3.05, 3.63) is 57.9 Å². The van der Waals surface area contributed by atoms with Gasteiger partial charge in [0.05, 0.1) is 24.4 Å². The monoisotopic (exact) mass is 402 g/mol. The van der Waals surface area contributed by atoms with Crippen LogP contribution < -0.4 is 14.3 Å². The van der Waals surface area contributed by atoms with Crippen molar-refractivity contribution < 1.29 is 14.3 Å². The highest BCUT2D eigenvalue weighted by Crippen LogP contribution is 2.33. The third-order valence-corrected chi connectivity index (χ3v) is 5.41. The molecule has 0 atom stereocenters. The van der Waals surface area contributed by atoms with Crippen LogP contribution in [0.15, 0.2) is 47.5 Å². The van der Waals surface area contributed by atoms with Gasteiger partial charge < -0.3 is 14.0 Å². The quantitative estimate of drug-likeness (QED) is 0.589. The number of amides is 1. The number of rotatable bonds is 5. The SMILES string of the molecule is CCn1c(=NC(=O)/C=C/c2ccccc2Cl)sc2cc(OC)c(OC)cc21. The predicted octanol–water partition coefficient (Wildman–Crippen LogP) is 4.53. The van der Waals surface area contributed by atoms with Crippen LogP contribution in [0.5, 0.6) is 11.5 Å². The van der Waals surface area contributed by atoms with Gasteiger partial charge in [-0.15, -0.1) is 0 Å². The summed E-state index contributed by atoms with van der Waals surface area (Å²) in [5.74, 6) is 0.940. The van der Waals surface area contributed by atoms with E-state index in [1.54, 1.807) is 26.4 Å². The van der Waals surface area contributed by atoms with Crippen molar-refractivity contribution in [2.24, 2.45) is 4.99 Å². The smallest absolute Gasteiger partial charge is 0.272 e. The number of aromatic nitrogens is 1. The summed E-state index contributed by atoms with van der Waals surface area (Å²) in [5.41, 5.74) is 1.72. The van der Waals surface area contributed by atoms with Gasteiger partial charge in [-0.3, -0.25) is 4.79 Å². The maximum absolute atomic E-state index is 12.3. The van der Waals surface area contributed by atoms with Crippen LogP contribution in [-0.4, -0.2) is 24.7 Å². The molecule has 3 aromatic rings. The van der Waals surface area contributed by atoms with E-state index in [-0.39, 0.29) is 5.91 Å². The molecule has 3 rings (SSSR count). The second-order valence-electron chi connectivity index (χ2n) is 5.61. The third-order valence-electron chi connectivity index (χ3n) is 4.02. The second kappa shape index (κ2) is 8.41. The Morgan fingerprint density at radius 2 is 1.93 bits per heavy atom. The molecule has 0 N–H and O–H groups in total. The Bertz CT molecular complexity index is 1080. The minimum atomic E-state index is -0.345. The van der Waals surface area contributed by atoms with Crippen LogP contribution in [0.4, 0.5) is 0 Å². The molecule has 0 unspecified atom stereocenters. The Balaban J connectivity index is 2.02. The molecule has 0 saturated heterocycles. The molecule has 0 saturated carbocycles. The Kier molecular flexibility index (Phi) is 5.98. The van der Waals surface area contributed by atoms with Gasteiger partial charge in [0.15, 0.2) is 16.3 Å². The van der Waals surface area contributed by atoms with Gasteiger partial charge >= 0.3 is 0 Å². The van der Waals surface area contributed by atoms with E-state index in [1.165, 1.54) is 17.4 Å². The van der Waals surface area contributed by atoms with E-state index in [9.17, 15) is 4.79 Å². The van der Waals surface area contributed by atoms with E-state index in [1.807, 2.05) is 41.8 Å². The number of ether oxygens (including phenoxy) is 2. The summed E-state index contributed by atoms with van der Waals surface area (Å²) in [6.45, 7) is 2.68. The summed E-state index contributed by atoms with van der Waals surface area (Å²) >= 11 is 7.54. The summed E-state index contributed by atoms with van der Waals surface area (Å²) in [6, 6.07) is 11.1. The molecular weight excluding hydrogens is 384 g/mol. The van der Waals surface area contributed by atoms with Gasteiger partial charge in [0, 0.05) is 29.8 Å². The normalized spacial score (nSPS) is 12.1. The van der Waals surface area contributed by atoms with E-state index in [2.05, 4.69) is 4.99 Å². The van der Waals surface area contributed by atoms with Crippen LogP contribution >= 0.6 is 22.9 Å². The zero-order chi connectivity index (χ0) is 19.4. The lowest BCUT2D eigenvalue weighted by molar-refractivity contribution is -0.113. The van der Waals surface area contributed by atoms with Crippen LogP contribution in [-0.2, 0) is 11.3 Å². The molecule has 0 aliphatic heterocycles. The van der Waals surface area contributed by atoms with Crippen LogP contribution in [0.2, 0.25) is 5.02 Å². The van der Waals surface area contributed by atoms with Crippen molar-refractivity contribution in [3.8, 4) is 11.5 Å². The van der Waals surface area contributed by atoms with Crippen molar-refractivity contribution in [2.45, 2.75) is 13.5 Å². The molecule has 0 radical (unpaired) electrons. The third kappa shape index (κ3) is 4.07. The van der Waals surface area contributed by atoms with Gasteiger partial charge in [0.2, 0.25) is 0 Å².